The van der Waals surface area contributed by atoms with Gasteiger partial charge in [-0.15, -0.1) is 0 Å². The van der Waals surface area contributed by atoms with Crippen LogP contribution in [0.5, 0.6) is 0 Å². The van der Waals surface area contributed by atoms with Crippen LogP contribution in [0.25, 0.3) is 0 Å². The summed E-state index contributed by atoms with van der Waals surface area (Å²) in [6.45, 7) is 10.2. The molecule has 0 saturated carbocycles. The number of oxazole rings is 1. The molecule has 3 rings (SSSR count). The quantitative estimate of drug-likeness (QED) is 0.785. The standard InChI is InChI=1S/C21H31N5O2/c1-16-6-5-7-19(17(16)2)26-12-10-25(11-13-26)14-20-23-18(15-28-20)21(27)22-8-9-24(3)4/h5-7,15H,8-14H2,1-4H3,(H,22,27). The Morgan fingerprint density at radius 1 is 1.21 bits per heavy atom. The van der Waals surface area contributed by atoms with Crippen molar-refractivity contribution in [3.63, 3.8) is 0 Å². The fourth-order valence-electron chi connectivity index (χ4n) is 3.39. The lowest BCUT2D eigenvalue weighted by atomic mass is 10.1. The Hall–Kier alpha value is -2.38. The molecule has 2 aromatic rings. The Morgan fingerprint density at radius 2 is 1.96 bits per heavy atom. The van der Waals surface area contributed by atoms with Crippen molar-refractivity contribution in [2.24, 2.45) is 0 Å². The molecule has 1 saturated heterocycles. The molecule has 28 heavy (non-hydrogen) atoms. The molecule has 0 bridgehead atoms. The fraction of sp³-hybridized carbons (Fsp3) is 0.524. The molecule has 2 heterocycles. The number of hydrogen-bond acceptors (Lipinski definition) is 6. The molecule has 7 heteroatoms. The number of benzene rings is 1. The number of carbonyl (C=O) groups excluding carboxylic acids is 1. The first-order valence-electron chi connectivity index (χ1n) is 9.85. The predicted molar refractivity (Wildman–Crippen MR) is 111 cm³/mol. The lowest BCUT2D eigenvalue weighted by Crippen LogP contribution is -2.46. The highest BCUT2D eigenvalue weighted by molar-refractivity contribution is 5.91. The van der Waals surface area contributed by atoms with Crippen molar-refractivity contribution in [1.82, 2.24) is 20.1 Å². The van der Waals surface area contributed by atoms with Crippen LogP contribution in [-0.2, 0) is 6.54 Å². The first-order valence-corrected chi connectivity index (χ1v) is 9.85. The maximum Gasteiger partial charge on any atom is 0.273 e. The van der Waals surface area contributed by atoms with Gasteiger partial charge < -0.3 is 19.5 Å². The number of rotatable bonds is 7. The van der Waals surface area contributed by atoms with Crippen LogP contribution in [0.4, 0.5) is 5.69 Å². The molecule has 0 radical (unpaired) electrons. The van der Waals surface area contributed by atoms with E-state index in [2.05, 4.69) is 52.1 Å². The van der Waals surface area contributed by atoms with E-state index in [4.69, 9.17) is 4.42 Å². The van der Waals surface area contributed by atoms with Gasteiger partial charge in [0.25, 0.3) is 5.91 Å². The molecular formula is C21H31N5O2. The molecule has 7 nitrogen and oxygen atoms in total. The molecule has 1 aliphatic rings. The Labute approximate surface area is 167 Å². The van der Waals surface area contributed by atoms with Gasteiger partial charge in [0.15, 0.2) is 5.69 Å². The Bertz CT molecular complexity index is 794. The predicted octanol–water partition coefficient (Wildman–Crippen LogP) is 1.91. The molecule has 152 valence electrons. The van der Waals surface area contributed by atoms with E-state index < -0.39 is 0 Å². The number of piperazine rings is 1. The largest absolute Gasteiger partial charge is 0.447 e. The highest BCUT2D eigenvalue weighted by atomic mass is 16.3. The third-order valence-electron chi connectivity index (χ3n) is 5.28. The molecule has 0 unspecified atom stereocenters. The molecule has 1 N–H and O–H groups in total. The minimum atomic E-state index is -0.184. The second kappa shape index (κ2) is 9.21. The number of likely N-dealkylation sites (N-methyl/N-ethyl adjacent to an activating group) is 1. The van der Waals surface area contributed by atoms with Crippen LogP contribution in [0.1, 0.15) is 27.5 Å². The van der Waals surface area contributed by atoms with E-state index >= 15 is 0 Å². The third-order valence-corrected chi connectivity index (χ3v) is 5.28. The number of aryl methyl sites for hydroxylation is 1. The zero-order valence-corrected chi connectivity index (χ0v) is 17.4. The minimum Gasteiger partial charge on any atom is -0.447 e. The van der Waals surface area contributed by atoms with Crippen molar-refractivity contribution in [3.05, 3.63) is 47.2 Å². The number of aromatic nitrogens is 1. The van der Waals surface area contributed by atoms with Gasteiger partial charge in [-0.1, -0.05) is 12.1 Å². The zero-order valence-electron chi connectivity index (χ0n) is 17.4. The van der Waals surface area contributed by atoms with Gasteiger partial charge in [-0.2, -0.15) is 0 Å². The topological polar surface area (TPSA) is 64.8 Å². The van der Waals surface area contributed by atoms with Gasteiger partial charge in [-0.3, -0.25) is 9.69 Å². The van der Waals surface area contributed by atoms with E-state index in [1.54, 1.807) is 0 Å². The number of nitrogens with zero attached hydrogens (tertiary/aromatic N) is 4. The van der Waals surface area contributed by atoms with Crippen molar-refractivity contribution in [1.29, 1.82) is 0 Å². The van der Waals surface area contributed by atoms with Gasteiger partial charge >= 0.3 is 0 Å². The van der Waals surface area contributed by atoms with E-state index in [1.165, 1.54) is 23.1 Å². The molecule has 1 fully saturated rings. The van der Waals surface area contributed by atoms with E-state index in [1.807, 2.05) is 19.0 Å². The van der Waals surface area contributed by atoms with Crippen LogP contribution in [0, 0.1) is 13.8 Å². The van der Waals surface area contributed by atoms with Crippen molar-refractivity contribution < 1.29 is 9.21 Å². The second-order valence-electron chi connectivity index (χ2n) is 7.67. The number of hydrogen-bond donors (Lipinski definition) is 1. The van der Waals surface area contributed by atoms with Crippen molar-refractivity contribution in [2.45, 2.75) is 20.4 Å². The summed E-state index contributed by atoms with van der Waals surface area (Å²) in [5, 5.41) is 2.86. The molecule has 1 aliphatic heterocycles. The first-order chi connectivity index (χ1) is 13.4. The zero-order chi connectivity index (χ0) is 20.1. The summed E-state index contributed by atoms with van der Waals surface area (Å²) in [6, 6.07) is 6.49. The number of carbonyl (C=O) groups is 1. The molecule has 0 atom stereocenters. The van der Waals surface area contributed by atoms with E-state index in [-0.39, 0.29) is 5.91 Å². The molecule has 1 amide bonds. The highest BCUT2D eigenvalue weighted by Crippen LogP contribution is 2.24. The highest BCUT2D eigenvalue weighted by Gasteiger charge is 2.21. The Balaban J connectivity index is 1.49. The first kappa shape index (κ1) is 20.4. The number of nitrogens with one attached hydrogen (secondary N) is 1. The lowest BCUT2D eigenvalue weighted by molar-refractivity contribution is 0.0946. The summed E-state index contributed by atoms with van der Waals surface area (Å²) >= 11 is 0. The van der Waals surface area contributed by atoms with Crippen molar-refractivity contribution in [2.75, 3.05) is 58.3 Å². The van der Waals surface area contributed by atoms with Crippen LogP contribution in [-0.4, -0.2) is 74.1 Å². The van der Waals surface area contributed by atoms with Crippen LogP contribution in [0.15, 0.2) is 28.9 Å². The summed E-state index contributed by atoms with van der Waals surface area (Å²) < 4.78 is 5.52. The maximum absolute atomic E-state index is 12.1. The Morgan fingerprint density at radius 3 is 2.68 bits per heavy atom. The third kappa shape index (κ3) is 5.11. The van der Waals surface area contributed by atoms with E-state index in [0.29, 0.717) is 24.7 Å². The van der Waals surface area contributed by atoms with E-state index in [0.717, 1.165) is 32.7 Å². The summed E-state index contributed by atoms with van der Waals surface area (Å²) in [7, 11) is 3.95. The number of anilines is 1. The summed E-state index contributed by atoms with van der Waals surface area (Å²) in [4.78, 5) is 23.3. The van der Waals surface area contributed by atoms with Gasteiger partial charge in [0, 0.05) is 45.0 Å². The smallest absolute Gasteiger partial charge is 0.273 e. The average Bonchev–Trinajstić information content (AvgIpc) is 3.13. The SMILES string of the molecule is Cc1cccc(N2CCN(Cc3nc(C(=O)NCCN(C)C)co3)CC2)c1C. The van der Waals surface area contributed by atoms with E-state index in [9.17, 15) is 4.79 Å². The molecule has 1 aromatic heterocycles. The molecular weight excluding hydrogens is 354 g/mol. The summed E-state index contributed by atoms with van der Waals surface area (Å²) in [6.07, 6.45) is 1.45. The second-order valence-corrected chi connectivity index (χ2v) is 7.67. The number of amides is 1. The van der Waals surface area contributed by atoms with Crippen LogP contribution in [0.2, 0.25) is 0 Å². The summed E-state index contributed by atoms with van der Waals surface area (Å²) in [5.74, 6) is 0.412. The van der Waals surface area contributed by atoms with Gasteiger partial charge in [0.1, 0.15) is 6.26 Å². The molecule has 0 aliphatic carbocycles. The fourth-order valence-corrected chi connectivity index (χ4v) is 3.39. The average molecular weight is 386 g/mol. The van der Waals surface area contributed by atoms with Gasteiger partial charge in [-0.25, -0.2) is 4.98 Å². The minimum absolute atomic E-state index is 0.184. The molecule has 0 spiro atoms. The van der Waals surface area contributed by atoms with Crippen molar-refractivity contribution >= 4 is 11.6 Å². The Kier molecular flexibility index (Phi) is 6.70. The van der Waals surface area contributed by atoms with Gasteiger partial charge in [-0.05, 0) is 45.1 Å². The summed E-state index contributed by atoms with van der Waals surface area (Å²) in [5.41, 5.74) is 4.36. The van der Waals surface area contributed by atoms with Crippen LogP contribution < -0.4 is 10.2 Å². The molecule has 1 aromatic carbocycles. The lowest BCUT2D eigenvalue weighted by Gasteiger charge is -2.36. The maximum atomic E-state index is 12.1. The van der Waals surface area contributed by atoms with Gasteiger partial charge in [0.05, 0.1) is 6.54 Å². The monoisotopic (exact) mass is 385 g/mol. The van der Waals surface area contributed by atoms with Gasteiger partial charge in [0.2, 0.25) is 5.89 Å². The van der Waals surface area contributed by atoms with Crippen LogP contribution in [0.3, 0.4) is 0 Å². The van der Waals surface area contributed by atoms with Crippen molar-refractivity contribution in [3.8, 4) is 0 Å². The van der Waals surface area contributed by atoms with Crippen LogP contribution >= 0.6 is 0 Å². The normalized spacial score (nSPS) is 15.2.